The van der Waals surface area contributed by atoms with Crippen molar-refractivity contribution in [1.82, 2.24) is 0 Å². The van der Waals surface area contributed by atoms with Gasteiger partial charge in [0.2, 0.25) is 5.91 Å². The Morgan fingerprint density at radius 3 is 2.44 bits per heavy atom. The monoisotopic (exact) mass is 362 g/mol. The molecule has 0 heterocycles. The first-order valence-corrected chi connectivity index (χ1v) is 9.71. The van der Waals surface area contributed by atoms with Gasteiger partial charge in [0, 0.05) is 12.1 Å². The van der Waals surface area contributed by atoms with Crippen molar-refractivity contribution in [3.63, 3.8) is 0 Å². The van der Waals surface area contributed by atoms with Gasteiger partial charge in [0.05, 0.1) is 5.75 Å². The summed E-state index contributed by atoms with van der Waals surface area (Å²) in [7, 11) is -3.37. The zero-order valence-corrected chi connectivity index (χ0v) is 14.9. The van der Waals surface area contributed by atoms with Crippen molar-refractivity contribution in [2.45, 2.75) is 24.7 Å². The number of nitrogens with two attached hydrogens (primary N) is 1. The Kier molecular flexibility index (Phi) is 6.55. The molecular weight excluding hydrogens is 340 g/mol. The van der Waals surface area contributed by atoms with Crippen LogP contribution in [0.2, 0.25) is 0 Å². The highest BCUT2D eigenvalue weighted by atomic mass is 32.2. The summed E-state index contributed by atoms with van der Waals surface area (Å²) in [5, 5.41) is 2.77. The topological polar surface area (TPSA) is 98.5 Å². The third-order valence-corrected chi connectivity index (χ3v) is 5.31. The van der Waals surface area contributed by atoms with Crippen LogP contribution in [0.15, 0.2) is 53.4 Å². The Labute approximate surface area is 147 Å². The Hall–Kier alpha value is -2.38. The van der Waals surface area contributed by atoms with Crippen molar-refractivity contribution in [1.29, 1.82) is 0 Å². The Bertz CT molecular complexity index is 817. The maximum Gasteiger partial charge on any atom is 0.224 e. The lowest BCUT2D eigenvalue weighted by molar-refractivity contribution is -0.116. The average Bonchev–Trinajstić information content (AvgIpc) is 2.62. The van der Waals surface area contributed by atoms with Crippen molar-refractivity contribution in [3.8, 4) is 11.5 Å². The molecule has 2 aromatic carbocycles. The van der Waals surface area contributed by atoms with Crippen molar-refractivity contribution < 1.29 is 17.9 Å². The summed E-state index contributed by atoms with van der Waals surface area (Å²) in [6.45, 7) is 2.06. The quantitative estimate of drug-likeness (QED) is 0.752. The van der Waals surface area contributed by atoms with Crippen LogP contribution in [0.3, 0.4) is 0 Å². The first kappa shape index (κ1) is 19.0. The molecule has 25 heavy (non-hydrogen) atoms. The van der Waals surface area contributed by atoms with Gasteiger partial charge < -0.3 is 15.8 Å². The number of amides is 1. The first-order valence-electron chi connectivity index (χ1n) is 8.06. The first-order chi connectivity index (χ1) is 12.0. The van der Waals surface area contributed by atoms with Gasteiger partial charge in [-0.1, -0.05) is 19.1 Å². The molecule has 0 aliphatic carbocycles. The van der Waals surface area contributed by atoms with E-state index in [0.29, 0.717) is 30.8 Å². The van der Waals surface area contributed by atoms with Crippen LogP contribution >= 0.6 is 0 Å². The number of benzene rings is 2. The number of carbonyl (C=O) groups excluding carboxylic acids is 1. The highest BCUT2D eigenvalue weighted by molar-refractivity contribution is 7.91. The van der Waals surface area contributed by atoms with E-state index in [2.05, 4.69) is 5.32 Å². The third kappa shape index (κ3) is 5.30. The van der Waals surface area contributed by atoms with Gasteiger partial charge in [0.1, 0.15) is 16.4 Å². The summed E-state index contributed by atoms with van der Waals surface area (Å²) in [6.07, 6.45) is 1.01. The summed E-state index contributed by atoms with van der Waals surface area (Å²) in [5.74, 6) is 0.669. The van der Waals surface area contributed by atoms with Gasteiger partial charge in [0.15, 0.2) is 9.84 Å². The lowest BCUT2D eigenvalue weighted by atomic mass is 10.2. The van der Waals surface area contributed by atoms with Gasteiger partial charge in [-0.3, -0.25) is 4.79 Å². The van der Waals surface area contributed by atoms with Crippen LogP contribution in [0.1, 0.15) is 19.8 Å². The van der Waals surface area contributed by atoms with Crippen LogP contribution in [0.5, 0.6) is 11.5 Å². The number of ether oxygens (including phenoxy) is 1. The molecule has 2 rings (SSSR count). The van der Waals surface area contributed by atoms with Gasteiger partial charge >= 0.3 is 0 Å². The van der Waals surface area contributed by atoms with Gasteiger partial charge in [-0.2, -0.15) is 0 Å². The van der Waals surface area contributed by atoms with Gasteiger partial charge in [-0.15, -0.1) is 0 Å². The molecule has 0 aromatic heterocycles. The normalized spacial score (nSPS) is 11.1. The molecule has 7 heteroatoms. The molecule has 0 fully saturated rings. The maximum atomic E-state index is 12.1. The molecule has 0 radical (unpaired) electrons. The minimum atomic E-state index is -3.37. The van der Waals surface area contributed by atoms with E-state index >= 15 is 0 Å². The standard InChI is InChI=1S/C18H22N2O4S/c1-2-25(22,23)17-7-4-3-6-16(17)24-15-11-9-14(10-12-15)20-18(21)8-5-13-19/h3-4,6-7,9-12H,2,5,8,13,19H2,1H3,(H,20,21). The van der Waals surface area contributed by atoms with E-state index in [1.54, 1.807) is 49.4 Å². The second-order valence-corrected chi connectivity index (χ2v) is 7.66. The second kappa shape index (κ2) is 8.64. The molecule has 0 saturated heterocycles. The molecule has 134 valence electrons. The molecule has 0 saturated carbocycles. The summed E-state index contributed by atoms with van der Waals surface area (Å²) in [4.78, 5) is 11.8. The zero-order valence-electron chi connectivity index (χ0n) is 14.1. The van der Waals surface area contributed by atoms with Crippen LogP contribution in [-0.2, 0) is 14.6 Å². The summed E-state index contributed by atoms with van der Waals surface area (Å²) < 4.78 is 30.0. The highest BCUT2D eigenvalue weighted by Crippen LogP contribution is 2.29. The second-order valence-electron chi connectivity index (χ2n) is 5.42. The molecule has 0 aliphatic rings. The lowest BCUT2D eigenvalue weighted by Crippen LogP contribution is -2.13. The minimum Gasteiger partial charge on any atom is -0.456 e. The predicted molar refractivity (Wildman–Crippen MR) is 97.6 cm³/mol. The van der Waals surface area contributed by atoms with Gasteiger partial charge in [-0.05, 0) is 49.4 Å². The predicted octanol–water partition coefficient (Wildman–Crippen LogP) is 2.95. The molecule has 3 N–H and O–H groups in total. The van der Waals surface area contributed by atoms with Crippen LogP contribution < -0.4 is 15.8 Å². The SMILES string of the molecule is CCS(=O)(=O)c1ccccc1Oc1ccc(NC(=O)CCCN)cc1. The van der Waals surface area contributed by atoms with E-state index in [4.69, 9.17) is 10.5 Å². The number of hydrogen-bond donors (Lipinski definition) is 2. The van der Waals surface area contributed by atoms with Gasteiger partial charge in [0.25, 0.3) is 0 Å². The van der Waals surface area contributed by atoms with Gasteiger partial charge in [-0.25, -0.2) is 8.42 Å². The summed E-state index contributed by atoms with van der Waals surface area (Å²) in [6, 6.07) is 13.3. The average molecular weight is 362 g/mol. The Balaban J connectivity index is 2.11. The smallest absolute Gasteiger partial charge is 0.224 e. The summed E-state index contributed by atoms with van der Waals surface area (Å²) in [5.41, 5.74) is 6.02. The van der Waals surface area contributed by atoms with Crippen molar-refractivity contribution in [3.05, 3.63) is 48.5 Å². The van der Waals surface area contributed by atoms with E-state index in [1.165, 1.54) is 6.07 Å². The highest BCUT2D eigenvalue weighted by Gasteiger charge is 2.17. The largest absolute Gasteiger partial charge is 0.456 e. The number of rotatable bonds is 8. The fourth-order valence-electron chi connectivity index (χ4n) is 2.17. The number of sulfone groups is 1. The number of nitrogens with one attached hydrogen (secondary N) is 1. The number of anilines is 1. The van der Waals surface area contributed by atoms with Crippen molar-refractivity contribution in [2.75, 3.05) is 17.6 Å². The fourth-order valence-corrected chi connectivity index (χ4v) is 3.18. The Morgan fingerprint density at radius 2 is 1.80 bits per heavy atom. The number of para-hydroxylation sites is 1. The third-order valence-electron chi connectivity index (χ3n) is 3.54. The zero-order chi connectivity index (χ0) is 18.3. The Morgan fingerprint density at radius 1 is 1.12 bits per heavy atom. The van der Waals surface area contributed by atoms with E-state index < -0.39 is 9.84 Å². The maximum absolute atomic E-state index is 12.1. The van der Waals surface area contributed by atoms with E-state index in [9.17, 15) is 13.2 Å². The van der Waals surface area contributed by atoms with Crippen LogP contribution in [0.4, 0.5) is 5.69 Å². The molecule has 0 aliphatic heterocycles. The molecular formula is C18H22N2O4S. The van der Waals surface area contributed by atoms with E-state index in [0.717, 1.165) is 0 Å². The lowest BCUT2D eigenvalue weighted by Gasteiger charge is -2.11. The molecule has 6 nitrogen and oxygen atoms in total. The van der Waals surface area contributed by atoms with Crippen molar-refractivity contribution in [2.24, 2.45) is 5.73 Å². The fraction of sp³-hybridized carbons (Fsp3) is 0.278. The molecule has 1 amide bonds. The molecule has 0 atom stereocenters. The van der Waals surface area contributed by atoms with E-state index in [1.807, 2.05) is 0 Å². The molecule has 0 unspecified atom stereocenters. The van der Waals surface area contributed by atoms with Crippen LogP contribution in [0, 0.1) is 0 Å². The number of carbonyl (C=O) groups is 1. The van der Waals surface area contributed by atoms with Crippen LogP contribution in [0.25, 0.3) is 0 Å². The molecule has 0 spiro atoms. The number of hydrogen-bond acceptors (Lipinski definition) is 5. The van der Waals surface area contributed by atoms with Crippen molar-refractivity contribution >= 4 is 21.4 Å². The van der Waals surface area contributed by atoms with E-state index in [-0.39, 0.29) is 22.3 Å². The van der Waals surface area contributed by atoms with Crippen LogP contribution in [-0.4, -0.2) is 26.6 Å². The molecule has 0 bridgehead atoms. The summed E-state index contributed by atoms with van der Waals surface area (Å²) >= 11 is 0. The minimum absolute atomic E-state index is 0.00113. The molecule has 2 aromatic rings.